The fourth-order valence-corrected chi connectivity index (χ4v) is 4.55. The van der Waals surface area contributed by atoms with Gasteiger partial charge in [0.2, 0.25) is 0 Å². The minimum atomic E-state index is 0.0476. The zero-order valence-electron chi connectivity index (χ0n) is 16.1. The molecule has 0 heterocycles. The van der Waals surface area contributed by atoms with Gasteiger partial charge in [0.1, 0.15) is 5.75 Å². The van der Waals surface area contributed by atoms with E-state index >= 15 is 0 Å². The van der Waals surface area contributed by atoms with Crippen LogP contribution in [0.1, 0.15) is 37.5 Å². The average Bonchev–Trinajstić information content (AvgIpc) is 2.67. The van der Waals surface area contributed by atoms with E-state index < -0.39 is 0 Å². The van der Waals surface area contributed by atoms with Gasteiger partial charge >= 0.3 is 0 Å². The number of hydrogen-bond donors (Lipinski definition) is 1. The van der Waals surface area contributed by atoms with Crippen LogP contribution in [0.25, 0.3) is 0 Å². The molecule has 0 aliphatic heterocycles. The van der Waals surface area contributed by atoms with Gasteiger partial charge in [-0.25, -0.2) is 0 Å². The minimum Gasteiger partial charge on any atom is -0.507 e. The van der Waals surface area contributed by atoms with E-state index in [0.717, 1.165) is 22.6 Å². The summed E-state index contributed by atoms with van der Waals surface area (Å²) in [5, 5.41) is 10.9. The Bertz CT molecular complexity index is 803. The van der Waals surface area contributed by atoms with Gasteiger partial charge in [-0.1, -0.05) is 69.3 Å². The van der Waals surface area contributed by atoms with Gasteiger partial charge < -0.3 is 5.11 Å². The van der Waals surface area contributed by atoms with Gasteiger partial charge in [-0.05, 0) is 35.2 Å². The maximum Gasteiger partial charge on any atom is 0.123 e. The fourth-order valence-electron chi connectivity index (χ4n) is 2.77. The molecule has 0 radical (unpaired) electrons. The van der Waals surface area contributed by atoms with Gasteiger partial charge in [-0.15, -0.1) is 23.5 Å². The van der Waals surface area contributed by atoms with Crippen molar-refractivity contribution in [2.24, 2.45) is 0 Å². The molecule has 3 rings (SSSR count). The first-order valence-corrected chi connectivity index (χ1v) is 11.1. The van der Waals surface area contributed by atoms with Crippen LogP contribution in [0, 0.1) is 0 Å². The lowest BCUT2D eigenvalue weighted by Gasteiger charge is -2.22. The second-order valence-electron chi connectivity index (χ2n) is 7.60. The molecule has 0 atom stereocenters. The molecule has 0 aliphatic carbocycles. The van der Waals surface area contributed by atoms with Crippen molar-refractivity contribution in [1.82, 2.24) is 0 Å². The SMILES string of the molecule is CC(C)(C)c1cc(CSc2ccccc2)c(O)c(CSc2ccccc2)c1. The summed E-state index contributed by atoms with van der Waals surface area (Å²) in [6.45, 7) is 6.67. The Hall–Kier alpha value is -1.84. The lowest BCUT2D eigenvalue weighted by atomic mass is 9.85. The van der Waals surface area contributed by atoms with Crippen molar-refractivity contribution in [3.8, 4) is 5.75 Å². The standard InChI is InChI=1S/C24H26OS2/c1-24(2,3)20-14-18(16-26-21-10-6-4-7-11-21)23(25)19(15-20)17-27-22-12-8-5-9-13-22/h4-15,25H,16-17H2,1-3H3. The first-order chi connectivity index (χ1) is 12.9. The Morgan fingerprint density at radius 3 is 1.48 bits per heavy atom. The van der Waals surface area contributed by atoms with E-state index in [9.17, 15) is 5.11 Å². The Morgan fingerprint density at radius 1 is 0.704 bits per heavy atom. The highest BCUT2D eigenvalue weighted by atomic mass is 32.2. The second kappa shape index (κ2) is 8.90. The quantitative estimate of drug-likeness (QED) is 0.444. The molecule has 0 amide bonds. The van der Waals surface area contributed by atoms with Gasteiger partial charge in [0.15, 0.2) is 0 Å². The highest BCUT2D eigenvalue weighted by Crippen LogP contribution is 2.37. The summed E-state index contributed by atoms with van der Waals surface area (Å²) in [6, 6.07) is 25.0. The molecule has 3 aromatic rings. The number of phenolic OH excluding ortho intramolecular Hbond substituents is 1. The van der Waals surface area contributed by atoms with Crippen LogP contribution < -0.4 is 0 Å². The lowest BCUT2D eigenvalue weighted by Crippen LogP contribution is -2.12. The molecule has 0 spiro atoms. The van der Waals surface area contributed by atoms with Crippen molar-refractivity contribution in [1.29, 1.82) is 0 Å². The Balaban J connectivity index is 1.85. The molecule has 1 N–H and O–H groups in total. The van der Waals surface area contributed by atoms with Crippen LogP contribution in [0.15, 0.2) is 82.6 Å². The van der Waals surface area contributed by atoms with E-state index in [4.69, 9.17) is 0 Å². The van der Waals surface area contributed by atoms with Gasteiger partial charge in [-0.3, -0.25) is 0 Å². The van der Waals surface area contributed by atoms with Crippen LogP contribution in [0.3, 0.4) is 0 Å². The third kappa shape index (κ3) is 5.57. The molecule has 3 aromatic carbocycles. The molecule has 27 heavy (non-hydrogen) atoms. The molecule has 1 nitrogen and oxygen atoms in total. The van der Waals surface area contributed by atoms with Crippen molar-refractivity contribution in [2.45, 2.75) is 47.5 Å². The van der Waals surface area contributed by atoms with Crippen molar-refractivity contribution in [3.63, 3.8) is 0 Å². The number of benzene rings is 3. The summed E-state index contributed by atoms with van der Waals surface area (Å²) < 4.78 is 0. The van der Waals surface area contributed by atoms with Crippen LogP contribution >= 0.6 is 23.5 Å². The van der Waals surface area contributed by atoms with Crippen LogP contribution in [0.2, 0.25) is 0 Å². The summed E-state index contributed by atoms with van der Waals surface area (Å²) in [6.07, 6.45) is 0. The summed E-state index contributed by atoms with van der Waals surface area (Å²) in [4.78, 5) is 2.44. The highest BCUT2D eigenvalue weighted by Gasteiger charge is 2.19. The van der Waals surface area contributed by atoms with Crippen molar-refractivity contribution in [3.05, 3.63) is 89.5 Å². The molecule has 140 valence electrons. The van der Waals surface area contributed by atoms with Gasteiger partial charge in [0.25, 0.3) is 0 Å². The Kier molecular flexibility index (Phi) is 6.56. The highest BCUT2D eigenvalue weighted by molar-refractivity contribution is 7.98. The number of rotatable bonds is 6. The van der Waals surface area contributed by atoms with Crippen molar-refractivity contribution in [2.75, 3.05) is 0 Å². The first kappa shape index (κ1) is 19.9. The number of thioether (sulfide) groups is 2. The molecule has 0 saturated carbocycles. The van der Waals surface area contributed by atoms with E-state index in [1.807, 2.05) is 12.1 Å². The van der Waals surface area contributed by atoms with Gasteiger partial charge in [0, 0.05) is 32.4 Å². The van der Waals surface area contributed by atoms with Crippen molar-refractivity contribution >= 4 is 23.5 Å². The Morgan fingerprint density at radius 2 is 1.11 bits per heavy atom. The maximum absolute atomic E-state index is 10.9. The third-order valence-electron chi connectivity index (χ3n) is 4.41. The van der Waals surface area contributed by atoms with Crippen LogP contribution in [-0.4, -0.2) is 5.11 Å². The van der Waals surface area contributed by atoms with E-state index in [1.165, 1.54) is 15.4 Å². The number of hydrogen-bond acceptors (Lipinski definition) is 3. The average molecular weight is 395 g/mol. The number of phenols is 1. The topological polar surface area (TPSA) is 20.2 Å². The van der Waals surface area contributed by atoms with Gasteiger partial charge in [-0.2, -0.15) is 0 Å². The molecule has 3 heteroatoms. The molecule has 0 aliphatic rings. The van der Waals surface area contributed by atoms with Crippen LogP contribution in [-0.2, 0) is 16.9 Å². The molecule has 0 bridgehead atoms. The smallest absolute Gasteiger partial charge is 0.123 e. The first-order valence-electron chi connectivity index (χ1n) is 9.14. The maximum atomic E-state index is 10.9. The zero-order chi connectivity index (χ0) is 19.3. The molecule has 0 unspecified atom stereocenters. The molecule has 0 fully saturated rings. The summed E-state index contributed by atoms with van der Waals surface area (Å²) in [5.41, 5.74) is 3.35. The largest absolute Gasteiger partial charge is 0.507 e. The van der Waals surface area contributed by atoms with Crippen molar-refractivity contribution < 1.29 is 5.11 Å². The monoisotopic (exact) mass is 394 g/mol. The molecular formula is C24H26OS2. The number of aromatic hydroxyl groups is 1. The van der Waals surface area contributed by atoms with E-state index in [-0.39, 0.29) is 5.41 Å². The summed E-state index contributed by atoms with van der Waals surface area (Å²) in [7, 11) is 0. The molecule has 0 saturated heterocycles. The third-order valence-corrected chi connectivity index (χ3v) is 6.53. The summed E-state index contributed by atoms with van der Waals surface area (Å²) >= 11 is 3.53. The normalized spacial score (nSPS) is 11.5. The lowest BCUT2D eigenvalue weighted by molar-refractivity contribution is 0.464. The van der Waals surface area contributed by atoms with Crippen LogP contribution in [0.4, 0.5) is 0 Å². The zero-order valence-corrected chi connectivity index (χ0v) is 17.7. The molecular weight excluding hydrogens is 368 g/mol. The van der Waals surface area contributed by atoms with E-state index in [0.29, 0.717) is 5.75 Å². The van der Waals surface area contributed by atoms with E-state index in [1.54, 1.807) is 23.5 Å². The molecule has 0 aromatic heterocycles. The minimum absolute atomic E-state index is 0.0476. The van der Waals surface area contributed by atoms with Gasteiger partial charge in [0.05, 0.1) is 0 Å². The Labute approximate surface area is 171 Å². The van der Waals surface area contributed by atoms with E-state index in [2.05, 4.69) is 81.4 Å². The predicted molar refractivity (Wildman–Crippen MR) is 119 cm³/mol. The summed E-state index contributed by atoms with van der Waals surface area (Å²) in [5.74, 6) is 1.97. The van der Waals surface area contributed by atoms with Crippen LogP contribution in [0.5, 0.6) is 5.75 Å². The second-order valence-corrected chi connectivity index (χ2v) is 9.69. The fraction of sp³-hybridized carbons (Fsp3) is 0.250. The predicted octanol–water partition coefficient (Wildman–Crippen LogP) is 7.27.